The van der Waals surface area contributed by atoms with Gasteiger partial charge in [-0.15, -0.1) is 0 Å². The average Bonchev–Trinajstić information content (AvgIpc) is 2.69. The van der Waals surface area contributed by atoms with Gasteiger partial charge in [-0.3, -0.25) is 10.2 Å². The van der Waals surface area contributed by atoms with Crippen molar-refractivity contribution in [3.05, 3.63) is 45.7 Å². The van der Waals surface area contributed by atoms with Crippen LogP contribution in [-0.2, 0) is 0 Å². The van der Waals surface area contributed by atoms with Crippen LogP contribution in [0, 0.1) is 6.92 Å². The summed E-state index contributed by atoms with van der Waals surface area (Å²) in [7, 11) is 0. The van der Waals surface area contributed by atoms with Gasteiger partial charge in [-0.05, 0) is 25.1 Å². The van der Waals surface area contributed by atoms with Crippen molar-refractivity contribution in [3.8, 4) is 5.69 Å². The van der Waals surface area contributed by atoms with Crippen molar-refractivity contribution in [1.82, 2.24) is 15.2 Å². The van der Waals surface area contributed by atoms with Crippen molar-refractivity contribution >= 4 is 29.1 Å². The van der Waals surface area contributed by atoms with Crippen molar-refractivity contribution in [2.45, 2.75) is 6.92 Å². The Morgan fingerprint density at radius 2 is 1.94 bits per heavy atom. The molecule has 0 saturated heterocycles. The topological polar surface area (TPSA) is 72.9 Å². The average molecular weight is 285 g/mol. The van der Waals surface area contributed by atoms with E-state index >= 15 is 0 Å². The summed E-state index contributed by atoms with van der Waals surface area (Å²) in [6.45, 7) is 1.76. The molecule has 0 aliphatic rings. The monoisotopic (exact) mass is 284 g/mol. The SMILES string of the molecule is Cc1c(C(=O)NN)cnn1-c1cc(Cl)cc(Cl)c1. The zero-order valence-electron chi connectivity index (χ0n) is 9.45. The molecule has 1 aromatic heterocycles. The van der Waals surface area contributed by atoms with E-state index in [-0.39, 0.29) is 0 Å². The quantitative estimate of drug-likeness (QED) is 0.504. The maximum absolute atomic E-state index is 11.5. The zero-order chi connectivity index (χ0) is 13.3. The molecule has 18 heavy (non-hydrogen) atoms. The van der Waals surface area contributed by atoms with Crippen LogP contribution in [0.4, 0.5) is 0 Å². The fourth-order valence-electron chi connectivity index (χ4n) is 1.63. The Bertz CT molecular complexity index is 589. The van der Waals surface area contributed by atoms with Crippen molar-refractivity contribution < 1.29 is 4.79 Å². The Morgan fingerprint density at radius 3 is 2.50 bits per heavy atom. The molecule has 7 heteroatoms. The molecule has 0 atom stereocenters. The normalized spacial score (nSPS) is 10.4. The van der Waals surface area contributed by atoms with Crippen LogP contribution in [0.3, 0.4) is 0 Å². The van der Waals surface area contributed by atoms with Gasteiger partial charge in [0.1, 0.15) is 0 Å². The molecule has 2 aromatic rings. The predicted molar refractivity (Wildman–Crippen MR) is 70.0 cm³/mol. The van der Waals surface area contributed by atoms with Gasteiger partial charge in [0.15, 0.2) is 0 Å². The van der Waals surface area contributed by atoms with Crippen molar-refractivity contribution in [2.24, 2.45) is 5.84 Å². The number of hydrogen-bond acceptors (Lipinski definition) is 3. The molecule has 5 nitrogen and oxygen atoms in total. The summed E-state index contributed by atoms with van der Waals surface area (Å²) in [6, 6.07) is 5.04. The zero-order valence-corrected chi connectivity index (χ0v) is 11.0. The second kappa shape index (κ2) is 4.97. The van der Waals surface area contributed by atoms with E-state index in [1.165, 1.54) is 6.20 Å². The summed E-state index contributed by atoms with van der Waals surface area (Å²) in [6.07, 6.45) is 1.44. The Hall–Kier alpha value is -1.56. The molecule has 1 amide bonds. The van der Waals surface area contributed by atoms with Crippen LogP contribution in [0.1, 0.15) is 16.1 Å². The van der Waals surface area contributed by atoms with Crippen molar-refractivity contribution in [1.29, 1.82) is 0 Å². The summed E-state index contributed by atoms with van der Waals surface area (Å²) in [5.74, 6) is 4.69. The number of aromatic nitrogens is 2. The number of nitrogens with zero attached hydrogens (tertiary/aromatic N) is 2. The van der Waals surface area contributed by atoms with E-state index in [1.54, 1.807) is 29.8 Å². The number of benzene rings is 1. The lowest BCUT2D eigenvalue weighted by Gasteiger charge is -2.06. The van der Waals surface area contributed by atoms with Crippen LogP contribution in [-0.4, -0.2) is 15.7 Å². The minimum absolute atomic E-state index is 0.396. The summed E-state index contributed by atoms with van der Waals surface area (Å²) in [5.41, 5.74) is 3.79. The van der Waals surface area contributed by atoms with E-state index in [4.69, 9.17) is 29.0 Å². The lowest BCUT2D eigenvalue weighted by Crippen LogP contribution is -2.30. The minimum atomic E-state index is -0.396. The molecule has 0 unspecified atom stereocenters. The van der Waals surface area contributed by atoms with Crippen LogP contribution < -0.4 is 11.3 Å². The van der Waals surface area contributed by atoms with Gasteiger partial charge in [0.25, 0.3) is 5.91 Å². The van der Waals surface area contributed by atoms with E-state index in [0.29, 0.717) is 27.0 Å². The maximum Gasteiger partial charge on any atom is 0.268 e. The van der Waals surface area contributed by atoms with E-state index in [9.17, 15) is 4.79 Å². The molecule has 0 bridgehead atoms. The summed E-state index contributed by atoms with van der Waals surface area (Å²) in [4.78, 5) is 11.5. The molecular formula is C11H10Cl2N4O. The number of rotatable bonds is 2. The van der Waals surface area contributed by atoms with Crippen LogP contribution in [0.5, 0.6) is 0 Å². The number of hydrogen-bond donors (Lipinski definition) is 2. The molecule has 0 fully saturated rings. The first-order valence-corrected chi connectivity index (χ1v) is 5.80. The van der Waals surface area contributed by atoms with E-state index < -0.39 is 5.91 Å². The first kappa shape index (κ1) is 12.9. The second-order valence-electron chi connectivity index (χ2n) is 3.66. The Balaban J connectivity index is 2.52. The predicted octanol–water partition coefficient (Wildman–Crippen LogP) is 2.09. The first-order chi connectivity index (χ1) is 8.52. The van der Waals surface area contributed by atoms with Gasteiger partial charge in [0.2, 0.25) is 0 Å². The minimum Gasteiger partial charge on any atom is -0.290 e. The third kappa shape index (κ3) is 2.33. The molecule has 1 aromatic carbocycles. The Kier molecular flexibility index (Phi) is 3.56. The molecule has 0 aliphatic carbocycles. The fourth-order valence-corrected chi connectivity index (χ4v) is 2.15. The highest BCUT2D eigenvalue weighted by atomic mass is 35.5. The Morgan fingerprint density at radius 1 is 1.33 bits per heavy atom. The molecule has 0 saturated carbocycles. The number of halogens is 2. The van der Waals surface area contributed by atoms with Gasteiger partial charge in [-0.2, -0.15) is 5.10 Å². The van der Waals surface area contributed by atoms with E-state index in [1.807, 2.05) is 0 Å². The van der Waals surface area contributed by atoms with Crippen LogP contribution >= 0.6 is 23.2 Å². The molecular weight excluding hydrogens is 275 g/mol. The van der Waals surface area contributed by atoms with Gasteiger partial charge in [-0.1, -0.05) is 23.2 Å². The smallest absolute Gasteiger partial charge is 0.268 e. The summed E-state index contributed by atoms with van der Waals surface area (Å²) < 4.78 is 1.57. The van der Waals surface area contributed by atoms with Crippen LogP contribution in [0.2, 0.25) is 10.0 Å². The highest BCUT2D eigenvalue weighted by Crippen LogP contribution is 2.23. The summed E-state index contributed by atoms with van der Waals surface area (Å²) >= 11 is 11.8. The number of nitrogens with one attached hydrogen (secondary N) is 1. The number of carbonyl (C=O) groups is 1. The van der Waals surface area contributed by atoms with Gasteiger partial charge in [0.05, 0.1) is 23.1 Å². The molecule has 94 valence electrons. The number of carbonyl (C=O) groups excluding carboxylic acids is 1. The number of hydrazine groups is 1. The first-order valence-electron chi connectivity index (χ1n) is 5.05. The number of amides is 1. The van der Waals surface area contributed by atoms with Gasteiger partial charge in [0, 0.05) is 10.0 Å². The number of nitrogens with two attached hydrogens (primary N) is 1. The summed E-state index contributed by atoms with van der Waals surface area (Å²) in [5, 5.41) is 5.12. The van der Waals surface area contributed by atoms with E-state index in [0.717, 1.165) is 0 Å². The van der Waals surface area contributed by atoms with Gasteiger partial charge < -0.3 is 0 Å². The van der Waals surface area contributed by atoms with Crippen molar-refractivity contribution in [2.75, 3.05) is 0 Å². The highest BCUT2D eigenvalue weighted by Gasteiger charge is 2.14. The van der Waals surface area contributed by atoms with Crippen molar-refractivity contribution in [3.63, 3.8) is 0 Å². The van der Waals surface area contributed by atoms with Crippen LogP contribution in [0.15, 0.2) is 24.4 Å². The number of nitrogen functional groups attached to an aromatic ring is 1. The third-order valence-corrected chi connectivity index (χ3v) is 2.91. The van der Waals surface area contributed by atoms with Gasteiger partial charge in [-0.25, -0.2) is 10.5 Å². The van der Waals surface area contributed by atoms with Gasteiger partial charge >= 0.3 is 0 Å². The largest absolute Gasteiger partial charge is 0.290 e. The Labute approximate surface area is 113 Å². The molecule has 0 aliphatic heterocycles. The molecule has 0 spiro atoms. The highest BCUT2D eigenvalue weighted by molar-refractivity contribution is 6.34. The third-order valence-electron chi connectivity index (χ3n) is 2.48. The molecule has 1 heterocycles. The molecule has 3 N–H and O–H groups in total. The molecule has 2 rings (SSSR count). The lowest BCUT2D eigenvalue weighted by molar-refractivity contribution is 0.0953. The van der Waals surface area contributed by atoms with Crippen LogP contribution in [0.25, 0.3) is 5.69 Å². The maximum atomic E-state index is 11.5. The standard InChI is InChI=1S/C11H10Cl2N4O/c1-6-10(11(18)16-14)5-15-17(6)9-3-7(12)2-8(13)4-9/h2-5H,14H2,1H3,(H,16,18). The molecule has 0 radical (unpaired) electrons. The lowest BCUT2D eigenvalue weighted by atomic mass is 10.2. The second-order valence-corrected chi connectivity index (χ2v) is 4.53. The van der Waals surface area contributed by atoms with E-state index in [2.05, 4.69) is 10.5 Å². The fraction of sp³-hybridized carbons (Fsp3) is 0.0909.